The molecule has 0 aromatic carbocycles. The molecule has 0 rings (SSSR count). The summed E-state index contributed by atoms with van der Waals surface area (Å²) in [6.45, 7) is 8.96. The first kappa shape index (κ1) is 48.4. The Bertz CT molecular complexity index is 753. The van der Waals surface area contributed by atoms with Crippen molar-refractivity contribution < 1.29 is 28.6 Å². The molecule has 0 aliphatic heterocycles. The van der Waals surface area contributed by atoms with Gasteiger partial charge in [0.05, 0.1) is 0 Å². The van der Waals surface area contributed by atoms with Gasteiger partial charge in [0.25, 0.3) is 0 Å². The summed E-state index contributed by atoms with van der Waals surface area (Å²) in [6.07, 6.45) is 36.6. The Balaban J connectivity index is 4.29. The summed E-state index contributed by atoms with van der Waals surface area (Å²) < 4.78 is 16.6. The number of unbranched alkanes of at least 4 members (excludes halogenated alkanes) is 25. The lowest BCUT2D eigenvalue weighted by molar-refractivity contribution is -0.167. The van der Waals surface area contributed by atoms with Crippen LogP contribution in [0.5, 0.6) is 0 Å². The third kappa shape index (κ3) is 36.2. The van der Waals surface area contributed by atoms with E-state index in [1.54, 1.807) is 0 Å². The average Bonchev–Trinajstić information content (AvgIpc) is 3.11. The number of carbonyl (C=O) groups excluding carboxylic acids is 3. The van der Waals surface area contributed by atoms with Crippen LogP contribution in [0.15, 0.2) is 0 Å². The summed E-state index contributed by atoms with van der Waals surface area (Å²) in [5, 5.41) is 0. The lowest BCUT2D eigenvalue weighted by Crippen LogP contribution is -2.30. The molecule has 0 aliphatic rings. The molecule has 0 amide bonds. The first-order chi connectivity index (χ1) is 24.4. The molecule has 1 unspecified atom stereocenters. The summed E-state index contributed by atoms with van der Waals surface area (Å²) in [7, 11) is 0. The van der Waals surface area contributed by atoms with Gasteiger partial charge in [0.1, 0.15) is 13.2 Å². The highest BCUT2D eigenvalue weighted by atomic mass is 16.6. The van der Waals surface area contributed by atoms with Crippen molar-refractivity contribution in [1.82, 2.24) is 0 Å². The van der Waals surface area contributed by atoms with E-state index in [4.69, 9.17) is 14.2 Å². The zero-order valence-electron chi connectivity index (χ0n) is 33.9. The van der Waals surface area contributed by atoms with Crippen LogP contribution in [-0.2, 0) is 28.6 Å². The third-order valence-electron chi connectivity index (χ3n) is 10.2. The molecule has 6 nitrogen and oxygen atoms in total. The van der Waals surface area contributed by atoms with Crippen LogP contribution in [0.4, 0.5) is 0 Å². The van der Waals surface area contributed by atoms with E-state index in [0.717, 1.165) is 63.7 Å². The average molecular weight is 709 g/mol. The van der Waals surface area contributed by atoms with E-state index in [1.165, 1.54) is 135 Å². The van der Waals surface area contributed by atoms with Gasteiger partial charge < -0.3 is 14.2 Å². The fraction of sp³-hybridized carbons (Fsp3) is 0.932. The molecule has 0 N–H and O–H groups in total. The van der Waals surface area contributed by atoms with Crippen LogP contribution in [0.3, 0.4) is 0 Å². The standard InChI is InChI=1S/C44H84O6/c1-5-8-10-12-14-15-16-20-24-28-32-36-43(46)49-39-41(38-48-42(45)35-31-27-22-13-11-9-6-2)50-44(47)37-33-29-25-21-18-17-19-23-26-30-34-40(4)7-3/h40-41H,5-39H2,1-4H3/t40?,41-/m1/s1. The minimum Gasteiger partial charge on any atom is -0.462 e. The molecule has 0 aromatic heterocycles. The molecule has 50 heavy (non-hydrogen) atoms. The molecular weight excluding hydrogens is 624 g/mol. The first-order valence-corrected chi connectivity index (χ1v) is 21.9. The van der Waals surface area contributed by atoms with E-state index in [2.05, 4.69) is 27.7 Å². The maximum absolute atomic E-state index is 12.7. The summed E-state index contributed by atoms with van der Waals surface area (Å²) >= 11 is 0. The minimum absolute atomic E-state index is 0.0645. The Kier molecular flexibility index (Phi) is 37.4. The predicted octanol–water partition coefficient (Wildman–Crippen LogP) is 13.6. The topological polar surface area (TPSA) is 78.9 Å². The maximum atomic E-state index is 12.7. The van der Waals surface area contributed by atoms with E-state index in [9.17, 15) is 14.4 Å². The molecule has 0 fully saturated rings. The van der Waals surface area contributed by atoms with Crippen molar-refractivity contribution in [3.8, 4) is 0 Å². The molecule has 2 atom stereocenters. The zero-order valence-corrected chi connectivity index (χ0v) is 33.9. The quantitative estimate of drug-likeness (QED) is 0.0359. The van der Waals surface area contributed by atoms with E-state index in [0.29, 0.717) is 19.3 Å². The van der Waals surface area contributed by atoms with Gasteiger partial charge in [-0.3, -0.25) is 14.4 Å². The van der Waals surface area contributed by atoms with Crippen LogP contribution in [0.25, 0.3) is 0 Å². The minimum atomic E-state index is -0.757. The highest BCUT2D eigenvalue weighted by molar-refractivity contribution is 5.71. The van der Waals surface area contributed by atoms with Crippen LogP contribution in [-0.4, -0.2) is 37.2 Å². The van der Waals surface area contributed by atoms with Gasteiger partial charge in [0.2, 0.25) is 0 Å². The van der Waals surface area contributed by atoms with E-state index < -0.39 is 6.10 Å². The van der Waals surface area contributed by atoms with Gasteiger partial charge in [0, 0.05) is 19.3 Å². The molecule has 6 heteroatoms. The van der Waals surface area contributed by atoms with Gasteiger partial charge >= 0.3 is 17.9 Å². The smallest absolute Gasteiger partial charge is 0.306 e. The first-order valence-electron chi connectivity index (χ1n) is 21.9. The molecule has 0 saturated heterocycles. The number of hydrogen-bond donors (Lipinski definition) is 0. The molecule has 0 radical (unpaired) electrons. The highest BCUT2D eigenvalue weighted by Gasteiger charge is 2.19. The summed E-state index contributed by atoms with van der Waals surface area (Å²) in [4.78, 5) is 37.5. The maximum Gasteiger partial charge on any atom is 0.306 e. The SMILES string of the molecule is CCCCCCCCCCCCCC(=O)OC[C@@H](COC(=O)CCCCCCCCC)OC(=O)CCCCCCCCCCCCC(C)CC. The summed E-state index contributed by atoms with van der Waals surface area (Å²) in [5.41, 5.74) is 0. The van der Waals surface area contributed by atoms with Crippen LogP contribution >= 0.6 is 0 Å². The van der Waals surface area contributed by atoms with Crippen molar-refractivity contribution in [2.24, 2.45) is 5.92 Å². The van der Waals surface area contributed by atoms with Gasteiger partial charge in [-0.1, -0.05) is 201 Å². The lowest BCUT2D eigenvalue weighted by atomic mass is 9.99. The number of rotatable bonds is 39. The van der Waals surface area contributed by atoms with Gasteiger partial charge in [-0.05, 0) is 25.2 Å². The van der Waals surface area contributed by atoms with Crippen LogP contribution in [0.1, 0.15) is 240 Å². The molecule has 0 aliphatic carbocycles. The predicted molar refractivity (Wildman–Crippen MR) is 210 cm³/mol. The van der Waals surface area contributed by atoms with Gasteiger partial charge in [-0.25, -0.2) is 0 Å². The molecule has 296 valence electrons. The van der Waals surface area contributed by atoms with Crippen molar-refractivity contribution >= 4 is 17.9 Å². The second-order valence-corrected chi connectivity index (χ2v) is 15.2. The van der Waals surface area contributed by atoms with Crippen LogP contribution < -0.4 is 0 Å². The monoisotopic (exact) mass is 709 g/mol. The molecule has 0 heterocycles. The fourth-order valence-electron chi connectivity index (χ4n) is 6.42. The van der Waals surface area contributed by atoms with Gasteiger partial charge in [0.15, 0.2) is 6.10 Å². The molecule has 0 bridgehead atoms. The molecular formula is C44H84O6. The van der Waals surface area contributed by atoms with Crippen molar-refractivity contribution in [1.29, 1.82) is 0 Å². The number of esters is 3. The van der Waals surface area contributed by atoms with Gasteiger partial charge in [-0.15, -0.1) is 0 Å². The number of ether oxygens (including phenoxy) is 3. The Labute approximate surface area is 310 Å². The van der Waals surface area contributed by atoms with Gasteiger partial charge in [-0.2, -0.15) is 0 Å². The van der Waals surface area contributed by atoms with E-state index >= 15 is 0 Å². The van der Waals surface area contributed by atoms with Crippen molar-refractivity contribution in [3.63, 3.8) is 0 Å². The normalized spacial score (nSPS) is 12.5. The lowest BCUT2D eigenvalue weighted by Gasteiger charge is -2.18. The van der Waals surface area contributed by atoms with Crippen LogP contribution in [0, 0.1) is 5.92 Å². The third-order valence-corrected chi connectivity index (χ3v) is 10.2. The zero-order chi connectivity index (χ0) is 36.8. The Morgan fingerprint density at radius 1 is 0.400 bits per heavy atom. The second-order valence-electron chi connectivity index (χ2n) is 15.2. The van der Waals surface area contributed by atoms with E-state index in [-0.39, 0.29) is 31.1 Å². The highest BCUT2D eigenvalue weighted by Crippen LogP contribution is 2.17. The van der Waals surface area contributed by atoms with Crippen molar-refractivity contribution in [2.75, 3.05) is 13.2 Å². The molecule has 0 aromatic rings. The second kappa shape index (κ2) is 38.6. The summed E-state index contributed by atoms with van der Waals surface area (Å²) in [5.74, 6) is 0.00378. The van der Waals surface area contributed by atoms with Crippen molar-refractivity contribution in [3.05, 3.63) is 0 Å². The Morgan fingerprint density at radius 2 is 0.700 bits per heavy atom. The summed E-state index contributed by atoms with van der Waals surface area (Å²) in [6, 6.07) is 0. The number of hydrogen-bond acceptors (Lipinski definition) is 6. The molecule has 0 spiro atoms. The van der Waals surface area contributed by atoms with Crippen molar-refractivity contribution in [2.45, 2.75) is 246 Å². The molecule has 0 saturated carbocycles. The number of carbonyl (C=O) groups is 3. The fourth-order valence-corrected chi connectivity index (χ4v) is 6.42. The Morgan fingerprint density at radius 3 is 1.04 bits per heavy atom. The van der Waals surface area contributed by atoms with E-state index in [1.807, 2.05) is 0 Å². The van der Waals surface area contributed by atoms with Crippen LogP contribution in [0.2, 0.25) is 0 Å². The Hall–Kier alpha value is -1.59. The largest absolute Gasteiger partial charge is 0.462 e.